The first kappa shape index (κ1) is 14.3. The summed E-state index contributed by atoms with van der Waals surface area (Å²) in [6, 6.07) is 0. The maximum Gasteiger partial charge on any atom is 0.135 e. The highest BCUT2D eigenvalue weighted by molar-refractivity contribution is 5.42. The number of ether oxygens (including phenoxy) is 2. The van der Waals surface area contributed by atoms with E-state index in [4.69, 9.17) is 9.47 Å². The van der Waals surface area contributed by atoms with E-state index in [1.165, 1.54) is 64.2 Å². The Balaban J connectivity index is 1.13. The lowest BCUT2D eigenvalue weighted by atomic mass is 9.66. The van der Waals surface area contributed by atoms with E-state index < -0.39 is 0 Å². The van der Waals surface area contributed by atoms with Crippen LogP contribution in [0.3, 0.4) is 0 Å². The van der Waals surface area contributed by atoms with E-state index >= 15 is 0 Å². The third kappa shape index (κ3) is 1.79. The second-order valence-electron chi connectivity index (χ2n) is 9.37. The molecular formula is C22H28O2. The minimum absolute atomic E-state index is 0.0324. The fourth-order valence-electron chi connectivity index (χ4n) is 6.51. The maximum absolute atomic E-state index is 6.35. The number of fused-ring (bicyclic) bond motifs is 1. The highest BCUT2D eigenvalue weighted by Gasteiger charge is 2.70. The largest absolute Gasteiger partial charge is 0.361 e. The van der Waals surface area contributed by atoms with E-state index in [0.717, 1.165) is 5.92 Å². The molecule has 6 aliphatic rings. The number of hydrogen-bond acceptors (Lipinski definition) is 2. The lowest BCUT2D eigenvalue weighted by Crippen LogP contribution is -2.34. The van der Waals surface area contributed by atoms with Gasteiger partial charge in [0.15, 0.2) is 0 Å². The van der Waals surface area contributed by atoms with Crippen LogP contribution in [0.25, 0.3) is 0 Å². The van der Waals surface area contributed by atoms with Crippen LogP contribution in [0, 0.1) is 11.3 Å². The molecule has 128 valence electrons. The first-order chi connectivity index (χ1) is 11.7. The lowest BCUT2D eigenvalue weighted by Gasteiger charge is -2.36. The van der Waals surface area contributed by atoms with Gasteiger partial charge < -0.3 is 9.47 Å². The number of rotatable bonds is 1. The minimum Gasteiger partial charge on any atom is -0.361 e. The van der Waals surface area contributed by atoms with E-state index in [1.807, 2.05) is 0 Å². The van der Waals surface area contributed by atoms with Crippen molar-refractivity contribution in [1.82, 2.24) is 0 Å². The van der Waals surface area contributed by atoms with Crippen molar-refractivity contribution in [3.8, 4) is 0 Å². The van der Waals surface area contributed by atoms with Gasteiger partial charge in [0.25, 0.3) is 0 Å². The van der Waals surface area contributed by atoms with Crippen molar-refractivity contribution >= 4 is 0 Å². The zero-order valence-corrected chi connectivity index (χ0v) is 14.5. The molecule has 24 heavy (non-hydrogen) atoms. The van der Waals surface area contributed by atoms with Gasteiger partial charge >= 0.3 is 0 Å². The van der Waals surface area contributed by atoms with Crippen LogP contribution in [0.2, 0.25) is 0 Å². The summed E-state index contributed by atoms with van der Waals surface area (Å²) in [5.41, 5.74) is 0.615. The normalized spacial score (nSPS) is 50.8. The second kappa shape index (κ2) is 4.45. The Morgan fingerprint density at radius 3 is 2.29 bits per heavy atom. The van der Waals surface area contributed by atoms with E-state index in [2.05, 4.69) is 36.5 Å². The van der Waals surface area contributed by atoms with Crippen molar-refractivity contribution in [2.45, 2.75) is 87.1 Å². The number of hydrogen-bond donors (Lipinski definition) is 0. The molecule has 0 aromatic heterocycles. The highest BCUT2D eigenvalue weighted by Crippen LogP contribution is 2.66. The van der Waals surface area contributed by atoms with Gasteiger partial charge in [0, 0.05) is 0 Å². The van der Waals surface area contributed by atoms with Crippen LogP contribution in [-0.4, -0.2) is 22.9 Å². The van der Waals surface area contributed by atoms with Gasteiger partial charge in [0.05, 0.1) is 6.10 Å². The van der Waals surface area contributed by atoms with Crippen molar-refractivity contribution in [2.75, 3.05) is 0 Å². The van der Waals surface area contributed by atoms with Crippen molar-refractivity contribution in [3.05, 3.63) is 36.5 Å². The van der Waals surface area contributed by atoms with Crippen molar-refractivity contribution in [3.63, 3.8) is 0 Å². The van der Waals surface area contributed by atoms with Gasteiger partial charge in [0.2, 0.25) is 0 Å². The molecule has 0 unspecified atom stereocenters. The van der Waals surface area contributed by atoms with Gasteiger partial charge in [-0.05, 0) is 68.4 Å². The van der Waals surface area contributed by atoms with Crippen molar-refractivity contribution in [2.24, 2.45) is 11.3 Å². The molecule has 0 radical (unpaired) electrons. The summed E-state index contributed by atoms with van der Waals surface area (Å²) in [4.78, 5) is 0. The molecule has 2 aliphatic heterocycles. The van der Waals surface area contributed by atoms with Crippen molar-refractivity contribution in [1.29, 1.82) is 0 Å². The van der Waals surface area contributed by atoms with E-state index in [9.17, 15) is 0 Å². The second-order valence-corrected chi connectivity index (χ2v) is 9.37. The van der Waals surface area contributed by atoms with E-state index in [1.54, 1.807) is 0 Å². The SMILES string of the molecule is C1=CC2(C=C1)OC21CCC2(C=C[C@@]3(C2)O[C@@H]3C2CCCCC2)CC1. The predicted molar refractivity (Wildman–Crippen MR) is 93.7 cm³/mol. The monoisotopic (exact) mass is 324 g/mol. The highest BCUT2D eigenvalue weighted by atomic mass is 16.6. The molecule has 2 saturated heterocycles. The maximum atomic E-state index is 6.35. The molecule has 0 amide bonds. The van der Waals surface area contributed by atoms with Gasteiger partial charge in [0.1, 0.15) is 16.8 Å². The Kier molecular flexibility index (Phi) is 2.66. The molecule has 0 bridgehead atoms. The Hall–Kier alpha value is -0.860. The molecule has 0 aromatic rings. The van der Waals surface area contributed by atoms with E-state index in [0.29, 0.717) is 11.5 Å². The smallest absolute Gasteiger partial charge is 0.135 e. The number of allylic oxidation sites excluding steroid dienone is 3. The van der Waals surface area contributed by atoms with Crippen LogP contribution in [0.15, 0.2) is 36.5 Å². The first-order valence-electron chi connectivity index (χ1n) is 10.1. The standard InChI is InChI=1S/C22H28O2/c1-2-6-17(7-3-1)18-20(23-18)13-10-19(16-20)11-14-22(15-12-19)21(24-22)8-4-5-9-21/h4-5,8-10,13,17-18H,1-3,6-7,11-12,14-16H2/t18-,19?,20+,22?/m1/s1. The molecule has 4 aliphatic carbocycles. The Labute approximate surface area is 145 Å². The van der Waals surface area contributed by atoms with Gasteiger partial charge in [-0.25, -0.2) is 0 Å². The van der Waals surface area contributed by atoms with Gasteiger partial charge in [-0.15, -0.1) is 0 Å². The molecular weight excluding hydrogens is 296 g/mol. The van der Waals surface area contributed by atoms with Gasteiger partial charge in [-0.2, -0.15) is 0 Å². The fourth-order valence-corrected chi connectivity index (χ4v) is 6.51. The van der Waals surface area contributed by atoms with Crippen molar-refractivity contribution < 1.29 is 9.47 Å². The average Bonchev–Trinajstić information content (AvgIpc) is 3.29. The lowest BCUT2D eigenvalue weighted by molar-refractivity contribution is 0.138. The molecule has 0 aromatic carbocycles. The summed E-state index contributed by atoms with van der Waals surface area (Å²) in [6.07, 6.45) is 27.6. The third-order valence-electron chi connectivity index (χ3n) is 8.08. The molecule has 2 atom stereocenters. The Bertz CT molecular complexity index is 631. The summed E-state index contributed by atoms with van der Waals surface area (Å²) < 4.78 is 12.6. The van der Waals surface area contributed by atoms with E-state index in [-0.39, 0.29) is 16.8 Å². The van der Waals surface area contributed by atoms with Gasteiger partial charge in [-0.1, -0.05) is 43.6 Å². The molecule has 6 rings (SSSR count). The summed E-state index contributed by atoms with van der Waals surface area (Å²) in [5, 5.41) is 0. The Morgan fingerprint density at radius 2 is 1.54 bits per heavy atom. The molecule has 2 nitrogen and oxygen atoms in total. The summed E-state index contributed by atoms with van der Waals surface area (Å²) in [7, 11) is 0. The molecule has 2 heteroatoms. The molecule has 4 spiro atoms. The Morgan fingerprint density at radius 1 is 0.792 bits per heavy atom. The minimum atomic E-state index is -0.0324. The topological polar surface area (TPSA) is 25.1 Å². The fraction of sp³-hybridized carbons (Fsp3) is 0.727. The molecule has 2 saturated carbocycles. The zero-order chi connectivity index (χ0) is 15.9. The summed E-state index contributed by atoms with van der Waals surface area (Å²) in [5.74, 6) is 0.831. The molecule has 4 fully saturated rings. The average molecular weight is 324 g/mol. The summed E-state index contributed by atoms with van der Waals surface area (Å²) in [6.45, 7) is 0. The van der Waals surface area contributed by atoms with Crippen LogP contribution in [0.1, 0.15) is 64.2 Å². The van der Waals surface area contributed by atoms with Crippen LogP contribution >= 0.6 is 0 Å². The number of epoxide rings is 2. The van der Waals surface area contributed by atoms with Crippen LogP contribution < -0.4 is 0 Å². The zero-order valence-electron chi connectivity index (χ0n) is 14.5. The van der Waals surface area contributed by atoms with Crippen LogP contribution in [0.4, 0.5) is 0 Å². The first-order valence-corrected chi connectivity index (χ1v) is 10.1. The van der Waals surface area contributed by atoms with Crippen LogP contribution in [-0.2, 0) is 9.47 Å². The van der Waals surface area contributed by atoms with Crippen LogP contribution in [0.5, 0.6) is 0 Å². The predicted octanol–water partition coefficient (Wildman–Crippen LogP) is 4.86. The molecule has 2 heterocycles. The third-order valence-corrected chi connectivity index (χ3v) is 8.08. The summed E-state index contributed by atoms with van der Waals surface area (Å²) >= 11 is 0. The van der Waals surface area contributed by atoms with Gasteiger partial charge in [-0.3, -0.25) is 0 Å². The quantitative estimate of drug-likeness (QED) is 0.508. The molecule has 0 N–H and O–H groups in total.